The molecule has 1 aliphatic heterocycles. The fourth-order valence-electron chi connectivity index (χ4n) is 4.79. The molecule has 5 aromatic rings. The van der Waals surface area contributed by atoms with Gasteiger partial charge in [-0.1, -0.05) is 0 Å². The molecule has 4 bridgehead atoms. The lowest BCUT2D eigenvalue weighted by atomic mass is 10.0. The maximum absolute atomic E-state index is 10.8. The maximum Gasteiger partial charge on any atom is 0.172 e. The van der Waals surface area contributed by atoms with E-state index in [1.807, 2.05) is 29.5 Å². The number of pyridine rings is 1. The van der Waals surface area contributed by atoms with Crippen LogP contribution in [0.2, 0.25) is 0 Å². The van der Waals surface area contributed by atoms with E-state index in [1.54, 1.807) is 18.5 Å². The Balaban J connectivity index is 1.83. The van der Waals surface area contributed by atoms with Crippen molar-refractivity contribution in [3.8, 4) is 17.1 Å². The first kappa shape index (κ1) is 21.2. The van der Waals surface area contributed by atoms with Gasteiger partial charge in [-0.2, -0.15) is 0 Å². The molecule has 0 radical (unpaired) electrons. The predicted molar refractivity (Wildman–Crippen MR) is 138 cm³/mol. The van der Waals surface area contributed by atoms with Crippen LogP contribution in [0.4, 0.5) is 17.1 Å². The van der Waals surface area contributed by atoms with Gasteiger partial charge in [0.2, 0.25) is 0 Å². The molecule has 1 aliphatic rings. The highest BCUT2D eigenvalue weighted by molar-refractivity contribution is 6.01. The lowest BCUT2D eigenvalue weighted by Gasteiger charge is -2.30. The maximum atomic E-state index is 10.8. The first-order chi connectivity index (χ1) is 17.0. The minimum absolute atomic E-state index is 0.00817. The highest BCUT2D eigenvalue weighted by Crippen LogP contribution is 2.37. The number of hydrogen-bond donors (Lipinski definition) is 3. The normalized spacial score (nSPS) is 14.1. The molecule has 1 saturated heterocycles. The second kappa shape index (κ2) is 8.14. The third kappa shape index (κ3) is 3.39. The van der Waals surface area contributed by atoms with Crippen LogP contribution in [0.15, 0.2) is 54.9 Å². The highest BCUT2D eigenvalue weighted by atomic mass is 16.5. The Hall–Kier alpha value is -4.37. The number of ether oxygens (including phenoxy) is 1. The number of benzene rings is 2. The standard InChI is InChI=1S/C26H25N7O2/c1-15-18-11-17(4-5-22(18)32-7-9-35-10-8-32)33-25(16-3-2-6-29-14-16)30-31-26(33)20-12-19(24(15)28)21(27)13-23(20)34/h2-6,11-14,34H,7-10,27-28H2,1H3. The Morgan fingerprint density at radius 1 is 0.971 bits per heavy atom. The van der Waals surface area contributed by atoms with Gasteiger partial charge in [0, 0.05) is 64.9 Å². The average Bonchev–Trinajstić information content (AvgIpc) is 3.33. The van der Waals surface area contributed by atoms with E-state index < -0.39 is 0 Å². The van der Waals surface area contributed by atoms with E-state index in [-0.39, 0.29) is 5.75 Å². The van der Waals surface area contributed by atoms with Crippen molar-refractivity contribution in [1.82, 2.24) is 19.6 Å². The Morgan fingerprint density at radius 3 is 2.57 bits per heavy atom. The van der Waals surface area contributed by atoms with E-state index in [4.69, 9.17) is 16.2 Å². The van der Waals surface area contributed by atoms with Crippen LogP contribution in [0.25, 0.3) is 38.7 Å². The molecule has 35 heavy (non-hydrogen) atoms. The molecule has 0 unspecified atom stereocenters. The number of hydrogen-bond acceptors (Lipinski definition) is 8. The van der Waals surface area contributed by atoms with Crippen molar-refractivity contribution < 1.29 is 9.84 Å². The quantitative estimate of drug-likeness (QED) is 0.336. The summed E-state index contributed by atoms with van der Waals surface area (Å²) in [5.41, 5.74) is 18.1. The van der Waals surface area contributed by atoms with Gasteiger partial charge in [0.15, 0.2) is 11.5 Å². The predicted octanol–water partition coefficient (Wildman–Crippen LogP) is 3.67. The number of morpholine rings is 1. The fourth-order valence-corrected chi connectivity index (χ4v) is 4.79. The van der Waals surface area contributed by atoms with Gasteiger partial charge in [-0.3, -0.25) is 9.38 Å². The Kier molecular flexibility index (Phi) is 4.93. The van der Waals surface area contributed by atoms with Crippen LogP contribution < -0.4 is 16.4 Å². The van der Waals surface area contributed by atoms with Gasteiger partial charge in [0.1, 0.15) is 5.75 Å². The van der Waals surface area contributed by atoms with Crippen LogP contribution in [-0.4, -0.2) is 51.0 Å². The van der Waals surface area contributed by atoms with E-state index >= 15 is 0 Å². The Morgan fingerprint density at radius 2 is 1.80 bits per heavy atom. The van der Waals surface area contributed by atoms with Gasteiger partial charge >= 0.3 is 0 Å². The largest absolute Gasteiger partial charge is 0.507 e. The lowest BCUT2D eigenvalue weighted by molar-refractivity contribution is 0.123. The van der Waals surface area contributed by atoms with Gasteiger partial charge in [-0.05, 0) is 48.9 Å². The number of anilines is 3. The van der Waals surface area contributed by atoms with Crippen molar-refractivity contribution in [3.63, 3.8) is 0 Å². The van der Waals surface area contributed by atoms with Gasteiger partial charge < -0.3 is 26.2 Å². The van der Waals surface area contributed by atoms with Crippen LogP contribution >= 0.6 is 0 Å². The summed E-state index contributed by atoms with van der Waals surface area (Å²) in [7, 11) is 0. The molecule has 5 N–H and O–H groups in total. The van der Waals surface area contributed by atoms with Crippen molar-refractivity contribution in [2.45, 2.75) is 6.92 Å². The van der Waals surface area contributed by atoms with Crippen molar-refractivity contribution in [2.24, 2.45) is 0 Å². The van der Waals surface area contributed by atoms with Crippen molar-refractivity contribution in [2.75, 3.05) is 42.7 Å². The van der Waals surface area contributed by atoms with Crippen molar-refractivity contribution >= 4 is 44.4 Å². The summed E-state index contributed by atoms with van der Waals surface area (Å²) in [6.07, 6.45) is 3.46. The van der Waals surface area contributed by atoms with Crippen molar-refractivity contribution in [1.29, 1.82) is 0 Å². The zero-order valence-electron chi connectivity index (χ0n) is 19.3. The molecule has 9 nitrogen and oxygen atoms in total. The second-order valence-electron chi connectivity index (χ2n) is 8.72. The van der Waals surface area contributed by atoms with Crippen LogP contribution in [0, 0.1) is 6.92 Å². The van der Waals surface area contributed by atoms with E-state index in [1.165, 1.54) is 6.07 Å². The zero-order chi connectivity index (χ0) is 24.1. The fraction of sp³-hybridized carbons (Fsp3) is 0.192. The van der Waals surface area contributed by atoms with Crippen LogP contribution in [0.1, 0.15) is 5.56 Å². The summed E-state index contributed by atoms with van der Waals surface area (Å²) in [4.78, 5) is 6.57. The van der Waals surface area contributed by atoms with Crippen molar-refractivity contribution in [3.05, 3.63) is 60.4 Å². The number of aromatic hydroxyl groups is 1. The molecule has 0 amide bonds. The molecule has 0 saturated carbocycles. The Labute approximate surface area is 201 Å². The number of phenols is 1. The van der Waals surface area contributed by atoms with Gasteiger partial charge in [0.25, 0.3) is 0 Å². The molecule has 3 aromatic heterocycles. The molecule has 0 spiro atoms. The zero-order valence-corrected chi connectivity index (χ0v) is 19.3. The van der Waals surface area contributed by atoms with E-state index in [0.29, 0.717) is 46.8 Å². The van der Waals surface area contributed by atoms with Gasteiger partial charge in [-0.15, -0.1) is 10.2 Å². The number of phenolic OH excluding ortho intramolecular Hbond substituents is 1. The topological polar surface area (TPSA) is 128 Å². The number of rotatable bonds is 2. The molecule has 1 fully saturated rings. The van der Waals surface area contributed by atoms with Gasteiger partial charge in [-0.25, -0.2) is 0 Å². The van der Waals surface area contributed by atoms with Crippen LogP contribution in [-0.2, 0) is 4.74 Å². The smallest absolute Gasteiger partial charge is 0.172 e. The highest BCUT2D eigenvalue weighted by Gasteiger charge is 2.18. The summed E-state index contributed by atoms with van der Waals surface area (Å²) in [5, 5.41) is 22.0. The summed E-state index contributed by atoms with van der Waals surface area (Å²) in [6.45, 7) is 4.94. The molecule has 4 heterocycles. The number of nitrogens with two attached hydrogens (primary N) is 2. The molecule has 2 aromatic carbocycles. The van der Waals surface area contributed by atoms with Gasteiger partial charge in [0.05, 0.1) is 24.1 Å². The molecule has 6 rings (SSSR count). The molecule has 0 aliphatic carbocycles. The first-order valence-corrected chi connectivity index (χ1v) is 11.5. The minimum Gasteiger partial charge on any atom is -0.507 e. The number of aromatic nitrogens is 4. The third-order valence-corrected chi connectivity index (χ3v) is 6.68. The Bertz CT molecular complexity index is 1620. The van der Waals surface area contributed by atoms with Crippen LogP contribution in [0.5, 0.6) is 5.75 Å². The molecular weight excluding hydrogens is 442 g/mol. The van der Waals surface area contributed by atoms with E-state index in [0.717, 1.165) is 40.8 Å². The number of nitrogens with zero attached hydrogens (tertiary/aromatic N) is 5. The molecule has 176 valence electrons. The number of aryl methyl sites for hydroxylation is 1. The van der Waals surface area contributed by atoms with Crippen LogP contribution in [0.3, 0.4) is 0 Å². The number of fused-ring (bicyclic) bond motifs is 7. The monoisotopic (exact) mass is 467 g/mol. The molecule has 0 atom stereocenters. The summed E-state index contributed by atoms with van der Waals surface area (Å²) in [6, 6.07) is 13.3. The first-order valence-electron chi connectivity index (χ1n) is 11.5. The third-order valence-electron chi connectivity index (χ3n) is 6.68. The molecular formula is C26H25N7O2. The van der Waals surface area contributed by atoms with E-state index in [9.17, 15) is 5.11 Å². The summed E-state index contributed by atoms with van der Waals surface area (Å²) >= 11 is 0. The minimum atomic E-state index is 0.00817. The molecule has 9 heteroatoms. The second-order valence-corrected chi connectivity index (χ2v) is 8.72. The summed E-state index contributed by atoms with van der Waals surface area (Å²) in [5.74, 6) is 0.625. The van der Waals surface area contributed by atoms with E-state index in [2.05, 4.69) is 32.2 Å². The SMILES string of the molecule is Cc1c(N)c2cc(c(O)cc2N)c2nnc(-c3cccnc3)n2c2ccc(N3CCOCC3)c1c2. The summed E-state index contributed by atoms with van der Waals surface area (Å²) < 4.78 is 7.51. The average molecular weight is 468 g/mol. The number of nitrogen functional groups attached to an aromatic ring is 2. The lowest BCUT2D eigenvalue weighted by Crippen LogP contribution is -2.36.